The zero-order valence-corrected chi connectivity index (χ0v) is 38.9. The van der Waals surface area contributed by atoms with Crippen LogP contribution in [0.2, 0.25) is 0 Å². The van der Waals surface area contributed by atoms with E-state index in [-0.39, 0.29) is 38.0 Å². The van der Waals surface area contributed by atoms with E-state index in [1.807, 2.05) is 17.2 Å². The van der Waals surface area contributed by atoms with Crippen LogP contribution in [0.1, 0.15) is 75.3 Å². The van der Waals surface area contributed by atoms with Gasteiger partial charge in [-0.15, -0.1) is 16.9 Å². The SMILES string of the molecule is C.CCCCCNc1nc(N)nc2ccn(Cc3ccc(CN4CCN(C(=O)CCCOCCOCCOCCn5cc(CNC(=O)C[C@@H](SC[C@H](N)C(=O)O)C(=O)O)nn5)CC4)cc3C)c12. The molecule has 2 amide bonds. The van der Waals surface area contributed by atoms with E-state index in [1.165, 1.54) is 16.7 Å². The van der Waals surface area contributed by atoms with E-state index in [1.54, 1.807) is 10.9 Å². The summed E-state index contributed by atoms with van der Waals surface area (Å²) < 4.78 is 20.6. The number of ether oxygens (including phenoxy) is 3. The molecular weight excluding hydrogens is 885 g/mol. The zero-order chi connectivity index (χ0) is 47.3. The van der Waals surface area contributed by atoms with Crippen molar-refractivity contribution in [3.8, 4) is 0 Å². The van der Waals surface area contributed by atoms with E-state index in [0.29, 0.717) is 84.4 Å². The van der Waals surface area contributed by atoms with Crippen LogP contribution in [0.3, 0.4) is 0 Å². The third-order valence-electron chi connectivity index (χ3n) is 11.0. The number of aromatic nitrogens is 6. The summed E-state index contributed by atoms with van der Waals surface area (Å²) in [6.45, 7) is 12.7. The molecule has 1 aromatic carbocycles. The Bertz CT molecular complexity index is 2160. The molecule has 5 rings (SSSR count). The fourth-order valence-corrected chi connectivity index (χ4v) is 8.24. The molecule has 1 fully saturated rings. The summed E-state index contributed by atoms with van der Waals surface area (Å²) >= 11 is 0.804. The number of carbonyl (C=O) groups is 4. The number of nitrogens with one attached hydrogen (secondary N) is 2. The van der Waals surface area contributed by atoms with Crippen molar-refractivity contribution in [2.45, 2.75) is 97.3 Å². The van der Waals surface area contributed by atoms with Crippen molar-refractivity contribution in [2.75, 3.05) is 89.2 Å². The minimum Gasteiger partial charge on any atom is -0.480 e. The molecule has 67 heavy (non-hydrogen) atoms. The van der Waals surface area contributed by atoms with E-state index in [4.69, 9.17) is 30.8 Å². The first kappa shape index (κ1) is 54.2. The van der Waals surface area contributed by atoms with Crippen LogP contribution in [0.25, 0.3) is 11.0 Å². The number of aliphatic carboxylic acids is 2. The van der Waals surface area contributed by atoms with Crippen LogP contribution in [-0.4, -0.2) is 163 Å². The van der Waals surface area contributed by atoms with Crippen LogP contribution in [0.5, 0.6) is 0 Å². The predicted molar refractivity (Wildman–Crippen MR) is 256 cm³/mol. The average Bonchev–Trinajstić information content (AvgIpc) is 3.93. The van der Waals surface area contributed by atoms with Crippen LogP contribution < -0.4 is 22.1 Å². The number of rotatable bonds is 31. The fraction of sp³-hybridized carbons (Fsp3) is 0.600. The monoisotopic (exact) mass is 955 g/mol. The standard InChI is InChI=1S/C44H66N12O9S.CH4/c1-3-4-5-11-47-41-40-36(49-44(46)50-41)10-12-55(40)28-33-9-8-32(24-31(33)2)27-53-13-15-54(16-14-53)39(58)7-6-18-63-20-22-65-23-21-64-19-17-56-29-34(51-52-56)26-48-38(57)25-37(43(61)62)66-30-35(45)42(59)60;/h8-10,12,24,29,35,37H,3-7,11,13-23,25-28,30,45H2,1-2H3,(H,48,57)(H,59,60)(H,61,62)(H3,46,47,49,50);1H4/t35-,37+;/m0./s1. The average molecular weight is 955 g/mol. The Hall–Kier alpha value is -5.39. The van der Waals surface area contributed by atoms with Crippen molar-refractivity contribution in [1.29, 1.82) is 0 Å². The molecule has 1 saturated heterocycles. The lowest BCUT2D eigenvalue weighted by Crippen LogP contribution is -2.48. The molecule has 8 N–H and O–H groups in total. The number of fused-ring (bicyclic) bond motifs is 1. The number of thioether (sulfide) groups is 1. The van der Waals surface area contributed by atoms with Crippen molar-refractivity contribution < 1.29 is 43.6 Å². The molecule has 2 atom stereocenters. The van der Waals surface area contributed by atoms with E-state index in [2.05, 4.69) is 72.4 Å². The fourth-order valence-electron chi connectivity index (χ4n) is 7.24. The number of aryl methyl sites for hydroxylation is 1. The van der Waals surface area contributed by atoms with Gasteiger partial charge in [0.1, 0.15) is 22.5 Å². The number of carboxylic acid groups (broad SMARTS) is 2. The second-order valence-electron chi connectivity index (χ2n) is 16.2. The summed E-state index contributed by atoms with van der Waals surface area (Å²) in [5.74, 6) is -1.92. The molecule has 0 aliphatic carbocycles. The van der Waals surface area contributed by atoms with E-state index >= 15 is 0 Å². The summed E-state index contributed by atoms with van der Waals surface area (Å²) in [5, 5.41) is 31.2. The van der Waals surface area contributed by atoms with Gasteiger partial charge in [0.25, 0.3) is 0 Å². The molecule has 4 heterocycles. The number of nitrogens with two attached hydrogens (primary N) is 2. The lowest BCUT2D eigenvalue weighted by atomic mass is 10.0. The molecule has 0 spiro atoms. The van der Waals surface area contributed by atoms with Crippen LogP contribution in [-0.2, 0) is 59.6 Å². The van der Waals surface area contributed by atoms with Crippen molar-refractivity contribution in [3.05, 3.63) is 59.0 Å². The van der Waals surface area contributed by atoms with E-state index in [0.717, 1.165) is 74.1 Å². The minimum absolute atomic E-state index is 0. The molecule has 370 valence electrons. The second-order valence-corrected chi connectivity index (χ2v) is 17.4. The Kier molecular flexibility index (Phi) is 23.2. The highest BCUT2D eigenvalue weighted by Gasteiger charge is 2.25. The highest BCUT2D eigenvalue weighted by Crippen LogP contribution is 2.25. The van der Waals surface area contributed by atoms with Gasteiger partial charge >= 0.3 is 11.9 Å². The summed E-state index contributed by atoms with van der Waals surface area (Å²) in [6.07, 6.45) is 7.84. The molecule has 4 aromatic rings. The van der Waals surface area contributed by atoms with Crippen molar-refractivity contribution in [1.82, 2.24) is 44.6 Å². The predicted octanol–water partition coefficient (Wildman–Crippen LogP) is 2.98. The molecule has 22 heteroatoms. The third kappa shape index (κ3) is 18.3. The summed E-state index contributed by atoms with van der Waals surface area (Å²) in [6, 6.07) is 7.45. The van der Waals surface area contributed by atoms with Gasteiger partial charge in [-0.2, -0.15) is 4.98 Å². The highest BCUT2D eigenvalue weighted by atomic mass is 32.2. The number of carboxylic acids is 2. The first-order valence-corrected chi connectivity index (χ1v) is 23.6. The molecule has 0 unspecified atom stereocenters. The number of anilines is 2. The number of piperazine rings is 1. The Morgan fingerprint density at radius 2 is 1.64 bits per heavy atom. The zero-order valence-electron chi connectivity index (χ0n) is 38.1. The Morgan fingerprint density at radius 3 is 2.34 bits per heavy atom. The molecule has 0 saturated carbocycles. The number of amides is 2. The Morgan fingerprint density at radius 1 is 0.910 bits per heavy atom. The summed E-state index contributed by atoms with van der Waals surface area (Å²) in [5.41, 5.74) is 17.4. The van der Waals surface area contributed by atoms with Crippen LogP contribution in [0, 0.1) is 6.92 Å². The normalized spacial score (nSPS) is 13.9. The number of nitrogens with zero attached hydrogens (tertiary/aromatic N) is 8. The van der Waals surface area contributed by atoms with Crippen molar-refractivity contribution >= 4 is 58.3 Å². The molecule has 0 radical (unpaired) electrons. The van der Waals surface area contributed by atoms with Gasteiger partial charge in [0.15, 0.2) is 5.82 Å². The number of hydrogen-bond donors (Lipinski definition) is 6. The first-order chi connectivity index (χ1) is 31.9. The lowest BCUT2D eigenvalue weighted by molar-refractivity contribution is -0.139. The number of carbonyl (C=O) groups excluding carboxylic acids is 2. The van der Waals surface area contributed by atoms with Gasteiger partial charge in [0, 0.05) is 77.2 Å². The minimum atomic E-state index is -1.24. The lowest BCUT2D eigenvalue weighted by Gasteiger charge is -2.35. The maximum Gasteiger partial charge on any atom is 0.321 e. The van der Waals surface area contributed by atoms with Gasteiger partial charge in [-0.05, 0) is 42.5 Å². The molecule has 1 aliphatic rings. The second kappa shape index (κ2) is 28.7. The number of unbranched alkanes of at least 4 members (excludes halogenated alkanes) is 2. The quantitative estimate of drug-likeness (QED) is 0.0396. The molecule has 0 bridgehead atoms. The highest BCUT2D eigenvalue weighted by molar-refractivity contribution is 8.00. The van der Waals surface area contributed by atoms with Gasteiger partial charge in [-0.25, -0.2) is 9.67 Å². The van der Waals surface area contributed by atoms with Gasteiger partial charge in [-0.1, -0.05) is 50.6 Å². The maximum absolute atomic E-state index is 12.9. The van der Waals surface area contributed by atoms with Crippen molar-refractivity contribution in [3.63, 3.8) is 0 Å². The smallest absolute Gasteiger partial charge is 0.321 e. The summed E-state index contributed by atoms with van der Waals surface area (Å²) in [7, 11) is 0. The summed E-state index contributed by atoms with van der Waals surface area (Å²) in [4.78, 5) is 60.9. The molecule has 21 nitrogen and oxygen atoms in total. The Labute approximate surface area is 396 Å². The van der Waals surface area contributed by atoms with Crippen molar-refractivity contribution in [2.24, 2.45) is 5.73 Å². The van der Waals surface area contributed by atoms with E-state index < -0.39 is 29.1 Å². The van der Waals surface area contributed by atoms with Gasteiger partial charge in [0.2, 0.25) is 17.8 Å². The Balaban J connectivity index is 0.00000980. The third-order valence-corrected chi connectivity index (χ3v) is 12.3. The largest absolute Gasteiger partial charge is 0.480 e. The first-order valence-electron chi connectivity index (χ1n) is 22.6. The van der Waals surface area contributed by atoms with Gasteiger partial charge < -0.3 is 56.0 Å². The number of hydrogen-bond acceptors (Lipinski definition) is 16. The molecule has 3 aromatic heterocycles. The molecule has 1 aliphatic heterocycles. The topological polar surface area (TPSA) is 280 Å². The maximum atomic E-state index is 12.9. The van der Waals surface area contributed by atoms with Crippen LogP contribution >= 0.6 is 11.8 Å². The van der Waals surface area contributed by atoms with Gasteiger partial charge in [0.05, 0.1) is 57.8 Å². The van der Waals surface area contributed by atoms with Crippen LogP contribution in [0.15, 0.2) is 36.7 Å². The van der Waals surface area contributed by atoms with E-state index in [9.17, 15) is 24.3 Å². The van der Waals surface area contributed by atoms with Gasteiger partial charge in [-0.3, -0.25) is 24.1 Å². The molecular formula is C45H70N12O9S. The number of nitrogen functional groups attached to an aromatic ring is 1. The van der Waals surface area contributed by atoms with Crippen LogP contribution in [0.4, 0.5) is 11.8 Å². The number of benzene rings is 1.